The molecule has 0 bridgehead atoms. The highest BCUT2D eigenvalue weighted by Gasteiger charge is 2.46. The summed E-state index contributed by atoms with van der Waals surface area (Å²) in [4.78, 5) is 12.1. The molecule has 2 heterocycles. The highest BCUT2D eigenvalue weighted by atomic mass is 16.6. The molecule has 0 aromatic heterocycles. The summed E-state index contributed by atoms with van der Waals surface area (Å²) in [6.45, 7) is 2.87. The fourth-order valence-electron chi connectivity index (χ4n) is 4.88. The monoisotopic (exact) mass is 408 g/mol. The van der Waals surface area contributed by atoms with Gasteiger partial charge in [0, 0.05) is 0 Å². The first-order valence-electron chi connectivity index (χ1n) is 12.8. The average molecular weight is 409 g/mol. The Hall–Kier alpha value is -0.610. The van der Waals surface area contributed by atoms with Crippen LogP contribution >= 0.6 is 0 Å². The molecule has 5 atom stereocenters. The molecule has 3 aliphatic rings. The molecule has 0 spiro atoms. The first kappa shape index (κ1) is 23.1. The number of carbonyl (C=O) groups is 1. The number of hydrogen-bond acceptors (Lipinski definition) is 4. The molecule has 0 radical (unpaired) electrons. The van der Waals surface area contributed by atoms with Gasteiger partial charge in [-0.25, -0.2) is 0 Å². The molecule has 4 nitrogen and oxygen atoms in total. The quantitative estimate of drug-likeness (QED) is 0.160. The van der Waals surface area contributed by atoms with Crippen molar-refractivity contribution in [3.05, 3.63) is 0 Å². The van der Waals surface area contributed by atoms with Crippen LogP contribution in [0.5, 0.6) is 0 Å². The zero-order valence-corrected chi connectivity index (χ0v) is 18.7. The molecule has 0 aromatic carbocycles. The lowest BCUT2D eigenvalue weighted by atomic mass is 9.89. The highest BCUT2D eigenvalue weighted by Crippen LogP contribution is 2.39. The molecule has 3 rings (SSSR count). The Morgan fingerprint density at radius 3 is 2.03 bits per heavy atom. The maximum atomic E-state index is 12.1. The number of fused-ring (bicyclic) bond motifs is 1. The number of rotatable bonds is 17. The van der Waals surface area contributed by atoms with Crippen LogP contribution in [0.4, 0.5) is 0 Å². The number of ether oxygens (including phenoxy) is 3. The number of epoxide rings is 2. The van der Waals surface area contributed by atoms with Gasteiger partial charge in [0.1, 0.15) is 0 Å². The summed E-state index contributed by atoms with van der Waals surface area (Å²) in [5.41, 5.74) is 0. The Balaban J connectivity index is 1.03. The van der Waals surface area contributed by atoms with E-state index in [1.54, 1.807) is 0 Å². The lowest BCUT2D eigenvalue weighted by molar-refractivity contribution is -0.149. The molecule has 5 unspecified atom stereocenters. The van der Waals surface area contributed by atoms with Crippen molar-refractivity contribution in [2.45, 2.75) is 140 Å². The number of unbranched alkanes of at least 4 members (excludes halogenated alkanes) is 10. The van der Waals surface area contributed by atoms with Crippen LogP contribution in [-0.2, 0) is 19.0 Å². The van der Waals surface area contributed by atoms with E-state index >= 15 is 0 Å². The van der Waals surface area contributed by atoms with Gasteiger partial charge in [0.15, 0.2) is 0 Å². The van der Waals surface area contributed by atoms with Gasteiger partial charge in [-0.3, -0.25) is 4.79 Å². The minimum Gasteiger partial charge on any atom is -0.465 e. The van der Waals surface area contributed by atoms with Crippen LogP contribution in [0.15, 0.2) is 0 Å². The summed E-state index contributed by atoms with van der Waals surface area (Å²) in [7, 11) is 0. The Labute approximate surface area is 178 Å². The van der Waals surface area contributed by atoms with E-state index in [0.29, 0.717) is 31.0 Å². The standard InChI is InChI=1S/C25H44O4/c1-2-3-4-5-8-11-14-21-22(28-21)15-12-9-6-7-10-13-18-27-25(26)20-16-17-23-24(19-20)29-23/h20-24H,2-19H2,1H3. The molecule has 1 saturated carbocycles. The highest BCUT2D eigenvalue weighted by molar-refractivity contribution is 5.72. The normalized spacial score (nSPS) is 30.0. The molecule has 29 heavy (non-hydrogen) atoms. The Morgan fingerprint density at radius 2 is 1.38 bits per heavy atom. The number of esters is 1. The van der Waals surface area contributed by atoms with Gasteiger partial charge in [-0.15, -0.1) is 0 Å². The second-order valence-electron chi connectivity index (χ2n) is 9.57. The molecule has 0 aromatic rings. The maximum Gasteiger partial charge on any atom is 0.309 e. The fourth-order valence-corrected chi connectivity index (χ4v) is 4.88. The summed E-state index contributed by atoms with van der Waals surface area (Å²) in [6.07, 6.45) is 23.0. The lowest BCUT2D eigenvalue weighted by Crippen LogP contribution is -2.24. The van der Waals surface area contributed by atoms with Crippen molar-refractivity contribution in [1.82, 2.24) is 0 Å². The zero-order chi connectivity index (χ0) is 20.3. The maximum absolute atomic E-state index is 12.1. The Bertz CT molecular complexity index is 466. The van der Waals surface area contributed by atoms with Crippen molar-refractivity contribution in [3.63, 3.8) is 0 Å². The largest absolute Gasteiger partial charge is 0.465 e. The van der Waals surface area contributed by atoms with Gasteiger partial charge in [0.2, 0.25) is 0 Å². The molecular weight excluding hydrogens is 364 g/mol. The molecular formula is C25H44O4. The van der Waals surface area contributed by atoms with E-state index in [1.807, 2.05) is 0 Å². The van der Waals surface area contributed by atoms with Crippen LogP contribution in [0.2, 0.25) is 0 Å². The van der Waals surface area contributed by atoms with Crippen LogP contribution in [0.1, 0.15) is 116 Å². The van der Waals surface area contributed by atoms with Crippen molar-refractivity contribution < 1.29 is 19.0 Å². The molecule has 2 aliphatic heterocycles. The predicted molar refractivity (Wildman–Crippen MR) is 116 cm³/mol. The SMILES string of the molecule is CCCCCCCCC1OC1CCCCCCCCOC(=O)C1CCC2OC2C1. The first-order valence-corrected chi connectivity index (χ1v) is 12.8. The Kier molecular flexibility index (Phi) is 10.3. The smallest absolute Gasteiger partial charge is 0.309 e. The van der Waals surface area contributed by atoms with Crippen LogP contribution in [0, 0.1) is 5.92 Å². The van der Waals surface area contributed by atoms with Crippen LogP contribution in [0.25, 0.3) is 0 Å². The molecule has 2 saturated heterocycles. The van der Waals surface area contributed by atoms with E-state index in [0.717, 1.165) is 25.7 Å². The molecule has 0 N–H and O–H groups in total. The van der Waals surface area contributed by atoms with Gasteiger partial charge in [-0.1, -0.05) is 77.6 Å². The topological polar surface area (TPSA) is 51.4 Å². The van der Waals surface area contributed by atoms with Crippen molar-refractivity contribution >= 4 is 5.97 Å². The van der Waals surface area contributed by atoms with Crippen molar-refractivity contribution in [2.24, 2.45) is 5.92 Å². The number of hydrogen-bond donors (Lipinski definition) is 0. The predicted octanol–water partition coefficient (Wildman–Crippen LogP) is 6.35. The average Bonchev–Trinajstić information content (AvgIpc) is 3.64. The number of carbonyl (C=O) groups excluding carboxylic acids is 1. The molecule has 3 fully saturated rings. The van der Waals surface area contributed by atoms with Crippen molar-refractivity contribution in [2.75, 3.05) is 6.61 Å². The third-order valence-corrected chi connectivity index (χ3v) is 6.99. The van der Waals surface area contributed by atoms with Gasteiger partial charge in [0.05, 0.1) is 36.9 Å². The van der Waals surface area contributed by atoms with Crippen molar-refractivity contribution in [1.29, 1.82) is 0 Å². The summed E-state index contributed by atoms with van der Waals surface area (Å²) in [5.74, 6) is 0.104. The molecule has 1 aliphatic carbocycles. The van der Waals surface area contributed by atoms with Gasteiger partial charge in [0.25, 0.3) is 0 Å². The van der Waals surface area contributed by atoms with Crippen LogP contribution < -0.4 is 0 Å². The van der Waals surface area contributed by atoms with Gasteiger partial charge >= 0.3 is 5.97 Å². The molecule has 4 heteroatoms. The molecule has 0 amide bonds. The summed E-state index contributed by atoms with van der Waals surface area (Å²) >= 11 is 0. The van der Waals surface area contributed by atoms with E-state index in [9.17, 15) is 4.79 Å². The van der Waals surface area contributed by atoms with E-state index in [4.69, 9.17) is 14.2 Å². The molecule has 168 valence electrons. The zero-order valence-electron chi connectivity index (χ0n) is 18.7. The summed E-state index contributed by atoms with van der Waals surface area (Å²) < 4.78 is 16.8. The Morgan fingerprint density at radius 1 is 0.759 bits per heavy atom. The lowest BCUT2D eigenvalue weighted by Gasteiger charge is -2.17. The fraction of sp³-hybridized carbons (Fsp3) is 0.960. The van der Waals surface area contributed by atoms with Gasteiger partial charge in [-0.2, -0.15) is 0 Å². The summed E-state index contributed by atoms with van der Waals surface area (Å²) in [6, 6.07) is 0. The third-order valence-electron chi connectivity index (χ3n) is 6.99. The minimum atomic E-state index is 0.0129. The van der Waals surface area contributed by atoms with Crippen LogP contribution in [-0.4, -0.2) is 37.0 Å². The van der Waals surface area contributed by atoms with Gasteiger partial charge < -0.3 is 14.2 Å². The van der Waals surface area contributed by atoms with E-state index < -0.39 is 0 Å². The second-order valence-corrected chi connectivity index (χ2v) is 9.57. The van der Waals surface area contributed by atoms with E-state index in [-0.39, 0.29) is 11.9 Å². The second kappa shape index (κ2) is 12.9. The third kappa shape index (κ3) is 8.96. The van der Waals surface area contributed by atoms with E-state index in [1.165, 1.54) is 83.5 Å². The summed E-state index contributed by atoms with van der Waals surface area (Å²) in [5, 5.41) is 0. The van der Waals surface area contributed by atoms with Crippen LogP contribution in [0.3, 0.4) is 0 Å². The minimum absolute atomic E-state index is 0.0129. The van der Waals surface area contributed by atoms with E-state index in [2.05, 4.69) is 6.92 Å². The van der Waals surface area contributed by atoms with Crippen molar-refractivity contribution in [3.8, 4) is 0 Å². The van der Waals surface area contributed by atoms with Gasteiger partial charge in [-0.05, 0) is 38.5 Å². The first-order chi connectivity index (χ1) is 14.3.